The van der Waals surface area contributed by atoms with Crippen LogP contribution in [0, 0.1) is 0 Å². The highest BCUT2D eigenvalue weighted by molar-refractivity contribution is 6.30. The molecule has 0 aromatic heterocycles. The molecule has 32 heavy (non-hydrogen) atoms. The van der Waals surface area contributed by atoms with Crippen molar-refractivity contribution in [1.82, 2.24) is 5.32 Å². The molecule has 0 saturated carbocycles. The van der Waals surface area contributed by atoms with E-state index in [1.54, 1.807) is 42.5 Å². The highest BCUT2D eigenvalue weighted by Gasteiger charge is 2.37. The summed E-state index contributed by atoms with van der Waals surface area (Å²) in [5.41, 5.74) is 3.97. The van der Waals surface area contributed by atoms with Crippen LogP contribution in [0.15, 0.2) is 65.3 Å². The molecule has 0 bridgehead atoms. The number of rotatable bonds is 6. The largest absolute Gasteiger partial charge is 0.430 e. The third-order valence-corrected chi connectivity index (χ3v) is 4.76. The second kappa shape index (κ2) is 9.60. The molecule has 1 heterocycles. The van der Waals surface area contributed by atoms with Gasteiger partial charge in [0.25, 0.3) is 0 Å². The lowest BCUT2D eigenvalue weighted by molar-refractivity contribution is -0.184. The fraction of sp³-hybridized carbons (Fsp3) is 0.238. The van der Waals surface area contributed by atoms with Gasteiger partial charge in [0.2, 0.25) is 0 Å². The number of carbonyl (C=O) groups is 1. The number of aliphatic hydroxyl groups is 1. The van der Waals surface area contributed by atoms with Crippen molar-refractivity contribution in [3.63, 3.8) is 0 Å². The minimum absolute atomic E-state index is 0.125. The van der Waals surface area contributed by atoms with Crippen molar-refractivity contribution in [2.45, 2.75) is 11.8 Å². The Hall–Kier alpha value is -3.08. The van der Waals surface area contributed by atoms with Gasteiger partial charge in [0.1, 0.15) is 11.3 Å². The zero-order valence-corrected chi connectivity index (χ0v) is 17.4. The van der Waals surface area contributed by atoms with Crippen LogP contribution >= 0.6 is 11.6 Å². The number of allylic oxidation sites excluding steroid dienone is 1. The summed E-state index contributed by atoms with van der Waals surface area (Å²) in [6, 6.07) is 12.0. The van der Waals surface area contributed by atoms with Gasteiger partial charge in [-0.15, -0.1) is 0 Å². The average Bonchev–Trinajstić information content (AvgIpc) is 2.70. The number of nitrogens with one attached hydrogen (secondary N) is 2. The Morgan fingerprint density at radius 3 is 2.50 bits per heavy atom. The second-order valence-electron chi connectivity index (χ2n) is 7.09. The maximum Gasteiger partial charge on any atom is 0.430 e. The van der Waals surface area contributed by atoms with E-state index in [2.05, 4.69) is 15.6 Å². The number of ether oxygens (including phenoxy) is 1. The number of nitrogens with zero attached hydrogens (tertiary/aromatic N) is 1. The Kier molecular flexibility index (Phi) is 7.07. The molecule has 1 fully saturated rings. The first-order valence-corrected chi connectivity index (χ1v) is 9.76. The van der Waals surface area contributed by atoms with E-state index in [4.69, 9.17) is 22.1 Å². The van der Waals surface area contributed by atoms with Gasteiger partial charge in [0.05, 0.1) is 31.2 Å². The van der Waals surface area contributed by atoms with E-state index < -0.39 is 23.5 Å². The van der Waals surface area contributed by atoms with Crippen LogP contribution in [-0.4, -0.2) is 42.8 Å². The number of hydrogen-bond acceptors (Lipinski definition) is 5. The molecule has 7 nitrogen and oxygen atoms in total. The number of carbonyl (C=O) groups excluding carboxylic acids is 1. The van der Waals surface area contributed by atoms with Crippen LogP contribution in [0.4, 0.5) is 29.3 Å². The molecular formula is C21H20ClF3N4O3. The van der Waals surface area contributed by atoms with Gasteiger partial charge in [-0.25, -0.2) is 4.79 Å². The molecule has 170 valence electrons. The lowest BCUT2D eigenvalue weighted by Gasteiger charge is -2.36. The molecule has 0 aliphatic carbocycles. The molecule has 0 unspecified atom stereocenters. The van der Waals surface area contributed by atoms with Crippen LogP contribution in [0.2, 0.25) is 5.02 Å². The van der Waals surface area contributed by atoms with Crippen molar-refractivity contribution in [3.05, 3.63) is 70.9 Å². The molecule has 1 aliphatic rings. The van der Waals surface area contributed by atoms with Crippen LogP contribution in [0.5, 0.6) is 0 Å². The van der Waals surface area contributed by atoms with E-state index in [1.807, 2.05) is 0 Å². The van der Waals surface area contributed by atoms with Crippen molar-refractivity contribution in [2.75, 3.05) is 25.1 Å². The Balaban J connectivity index is 1.67. The average molecular weight is 469 g/mol. The topological polar surface area (TPSA) is 109 Å². The van der Waals surface area contributed by atoms with E-state index in [-0.39, 0.29) is 25.5 Å². The minimum atomic E-state index is -4.74. The van der Waals surface area contributed by atoms with Gasteiger partial charge in [0, 0.05) is 10.7 Å². The molecule has 5 N–H and O–H groups in total. The van der Waals surface area contributed by atoms with E-state index in [0.717, 1.165) is 0 Å². The Labute approximate surface area is 186 Å². The Morgan fingerprint density at radius 2 is 1.94 bits per heavy atom. The molecule has 1 aliphatic heterocycles. The maximum absolute atomic E-state index is 12.9. The monoisotopic (exact) mass is 468 g/mol. The zero-order chi connectivity index (χ0) is 23.4. The summed E-state index contributed by atoms with van der Waals surface area (Å²) < 4.78 is 43.6. The van der Waals surface area contributed by atoms with E-state index in [0.29, 0.717) is 28.0 Å². The van der Waals surface area contributed by atoms with Crippen LogP contribution < -0.4 is 16.4 Å². The minimum Gasteiger partial charge on any atom is -0.395 e. The first-order valence-electron chi connectivity index (χ1n) is 9.38. The fourth-order valence-corrected chi connectivity index (χ4v) is 2.95. The van der Waals surface area contributed by atoms with Gasteiger partial charge in [-0.1, -0.05) is 29.8 Å². The van der Waals surface area contributed by atoms with Gasteiger partial charge in [-0.2, -0.15) is 13.2 Å². The maximum atomic E-state index is 12.9. The molecule has 3 rings (SSSR count). The van der Waals surface area contributed by atoms with Gasteiger partial charge < -0.3 is 26.2 Å². The number of nitrogens with two attached hydrogens (primary N) is 1. The molecule has 2 amide bonds. The van der Waals surface area contributed by atoms with Crippen molar-refractivity contribution in [2.24, 2.45) is 10.7 Å². The van der Waals surface area contributed by atoms with Crippen molar-refractivity contribution < 1.29 is 27.8 Å². The zero-order valence-electron chi connectivity index (χ0n) is 16.6. The van der Waals surface area contributed by atoms with E-state index >= 15 is 0 Å². The van der Waals surface area contributed by atoms with E-state index in [9.17, 15) is 23.1 Å². The molecule has 0 spiro atoms. The Morgan fingerprint density at radius 1 is 1.25 bits per heavy atom. The van der Waals surface area contributed by atoms with E-state index in [1.165, 1.54) is 6.07 Å². The third kappa shape index (κ3) is 6.22. The molecule has 11 heteroatoms. The Bertz CT molecular complexity index is 1040. The molecule has 2 aromatic rings. The molecule has 0 atom stereocenters. The smallest absolute Gasteiger partial charge is 0.395 e. The predicted octanol–water partition coefficient (Wildman–Crippen LogP) is 3.86. The summed E-state index contributed by atoms with van der Waals surface area (Å²) in [6.45, 7) is 0.0669. The third-order valence-electron chi connectivity index (χ3n) is 4.52. The van der Waals surface area contributed by atoms with Gasteiger partial charge in [-0.3, -0.25) is 4.99 Å². The summed E-state index contributed by atoms with van der Waals surface area (Å²) in [5.74, 6) is 0. The number of anilines is 1. The molecular weight excluding hydrogens is 449 g/mol. The summed E-state index contributed by atoms with van der Waals surface area (Å²) in [4.78, 5) is 16.3. The second-order valence-corrected chi connectivity index (χ2v) is 7.53. The summed E-state index contributed by atoms with van der Waals surface area (Å²) in [6.07, 6.45) is -4.09. The predicted molar refractivity (Wildman–Crippen MR) is 115 cm³/mol. The highest BCUT2D eigenvalue weighted by Crippen LogP contribution is 2.30. The number of hydrogen-bond donors (Lipinski definition) is 4. The summed E-state index contributed by atoms with van der Waals surface area (Å²) >= 11 is 5.88. The summed E-state index contributed by atoms with van der Waals surface area (Å²) in [5, 5.41) is 15.6. The lowest BCUT2D eigenvalue weighted by Crippen LogP contribution is -2.46. The number of alkyl halides is 3. The number of halogens is 4. The quantitative estimate of drug-likeness (QED) is 0.483. The molecule has 1 saturated heterocycles. The SMILES string of the molecule is N/C(=C\C(CNC(=O)Nc1ccc(C2(O)COC2)cc1)=Nc1cccc(Cl)c1)C(F)(F)F. The van der Waals surface area contributed by atoms with Gasteiger partial charge >= 0.3 is 12.2 Å². The fourth-order valence-electron chi connectivity index (χ4n) is 2.77. The number of amides is 2. The summed E-state index contributed by atoms with van der Waals surface area (Å²) in [7, 11) is 0. The molecule has 2 aromatic carbocycles. The standard InChI is InChI=1S/C21H20ClF3N4O3/c22-14-2-1-3-16(8-14)28-17(9-18(26)21(23,24)25)10-27-19(30)29-15-6-4-13(5-7-15)20(31)11-32-12-20/h1-9,31H,10-12,26H2,(H2,27,29,30)/b18-9-,28-17?. The van der Waals surface area contributed by atoms with Crippen LogP contribution in [0.1, 0.15) is 5.56 Å². The van der Waals surface area contributed by atoms with Crippen LogP contribution in [0.3, 0.4) is 0 Å². The van der Waals surface area contributed by atoms with Gasteiger partial charge in [0.15, 0.2) is 0 Å². The van der Waals surface area contributed by atoms with Crippen molar-refractivity contribution in [1.29, 1.82) is 0 Å². The van der Waals surface area contributed by atoms with Crippen molar-refractivity contribution >= 4 is 34.7 Å². The number of urea groups is 1. The van der Waals surface area contributed by atoms with Gasteiger partial charge in [-0.05, 0) is 42.0 Å². The first-order chi connectivity index (χ1) is 15.0. The number of benzene rings is 2. The van der Waals surface area contributed by atoms with Crippen molar-refractivity contribution in [3.8, 4) is 0 Å². The first kappa shape index (κ1) is 23.6. The van der Waals surface area contributed by atoms with Crippen LogP contribution in [-0.2, 0) is 10.3 Å². The highest BCUT2D eigenvalue weighted by atomic mass is 35.5. The van der Waals surface area contributed by atoms with Crippen LogP contribution in [0.25, 0.3) is 0 Å². The lowest BCUT2D eigenvalue weighted by atomic mass is 9.92. The number of aliphatic imine (C=N–C) groups is 1. The molecule has 0 radical (unpaired) electrons. The normalized spacial score (nSPS) is 16.3.